The molecule has 0 spiro atoms. The van der Waals surface area contributed by atoms with E-state index in [1.54, 1.807) is 29.8 Å². The van der Waals surface area contributed by atoms with Gasteiger partial charge in [0.2, 0.25) is 10.0 Å². The highest BCUT2D eigenvalue weighted by atomic mass is 32.2. The van der Waals surface area contributed by atoms with Crippen LogP contribution < -0.4 is 5.73 Å². The number of hydrogen-bond acceptors (Lipinski definition) is 5. The van der Waals surface area contributed by atoms with Gasteiger partial charge in [-0.2, -0.15) is 4.31 Å². The van der Waals surface area contributed by atoms with Crippen molar-refractivity contribution in [1.82, 2.24) is 9.29 Å². The first kappa shape index (κ1) is 15.7. The van der Waals surface area contributed by atoms with Gasteiger partial charge in [0.15, 0.2) is 0 Å². The fraction of sp³-hybridized carbons (Fsp3) is 0.214. The fourth-order valence-corrected chi connectivity index (χ4v) is 3.36. The van der Waals surface area contributed by atoms with E-state index in [4.69, 9.17) is 5.73 Å². The predicted molar refractivity (Wildman–Crippen MR) is 83.1 cm³/mol. The van der Waals surface area contributed by atoms with Crippen molar-refractivity contribution in [3.05, 3.63) is 46.4 Å². The summed E-state index contributed by atoms with van der Waals surface area (Å²) in [6.45, 7) is 0.525. The molecular weight excluding hydrogens is 306 g/mol. The first-order valence-electron chi connectivity index (χ1n) is 6.16. The maximum Gasteiger partial charge on any atom is 0.243 e. The van der Waals surface area contributed by atoms with Gasteiger partial charge in [-0.15, -0.1) is 11.3 Å². The zero-order chi connectivity index (χ0) is 15.3. The zero-order valence-corrected chi connectivity index (χ0v) is 13.1. The van der Waals surface area contributed by atoms with Gasteiger partial charge in [-0.25, -0.2) is 13.4 Å². The second-order valence-electron chi connectivity index (χ2n) is 4.27. The molecule has 0 unspecified atom stereocenters. The minimum absolute atomic E-state index is 0.235. The quantitative estimate of drug-likeness (QED) is 0.861. The summed E-state index contributed by atoms with van der Waals surface area (Å²) in [4.78, 5) is 4.33. The highest BCUT2D eigenvalue weighted by Crippen LogP contribution is 2.17. The Morgan fingerprint density at radius 2 is 2.05 bits per heavy atom. The largest absolute Gasteiger partial charge is 0.320 e. The molecule has 110 valence electrons. The summed E-state index contributed by atoms with van der Waals surface area (Å²) in [5.74, 6) is 5.58. The number of sulfonamides is 1. The molecule has 2 rings (SSSR count). The lowest BCUT2D eigenvalue weighted by atomic mass is 10.2. The second kappa shape index (κ2) is 6.83. The maximum absolute atomic E-state index is 12.4. The van der Waals surface area contributed by atoms with Gasteiger partial charge in [0, 0.05) is 18.0 Å². The van der Waals surface area contributed by atoms with E-state index < -0.39 is 10.0 Å². The van der Waals surface area contributed by atoms with E-state index >= 15 is 0 Å². The van der Waals surface area contributed by atoms with E-state index in [1.807, 2.05) is 5.38 Å². The molecule has 1 aromatic carbocycles. The minimum Gasteiger partial charge on any atom is -0.320 e. The second-order valence-corrected chi connectivity index (χ2v) is 7.03. The van der Waals surface area contributed by atoms with Crippen molar-refractivity contribution < 1.29 is 8.42 Å². The Morgan fingerprint density at radius 3 is 2.62 bits per heavy atom. The van der Waals surface area contributed by atoms with Gasteiger partial charge in [0.05, 0.1) is 29.2 Å². The molecule has 2 aromatic rings. The topological polar surface area (TPSA) is 76.3 Å². The Labute approximate surface area is 128 Å². The van der Waals surface area contributed by atoms with Gasteiger partial charge in [-0.3, -0.25) is 0 Å². The summed E-state index contributed by atoms with van der Waals surface area (Å²) in [5.41, 5.74) is 8.45. The van der Waals surface area contributed by atoms with Crippen molar-refractivity contribution in [1.29, 1.82) is 0 Å². The van der Waals surface area contributed by atoms with Crippen LogP contribution in [0.2, 0.25) is 0 Å². The van der Waals surface area contributed by atoms with Gasteiger partial charge < -0.3 is 5.73 Å². The van der Waals surface area contributed by atoms with Crippen molar-refractivity contribution in [2.45, 2.75) is 11.4 Å². The molecule has 5 nitrogen and oxygen atoms in total. The monoisotopic (exact) mass is 321 g/mol. The Bertz CT molecular complexity index is 742. The molecule has 0 radical (unpaired) electrons. The molecule has 0 fully saturated rings. The number of rotatable bonds is 4. The molecule has 0 atom stereocenters. The average molecular weight is 321 g/mol. The lowest BCUT2D eigenvalue weighted by Gasteiger charge is -2.16. The summed E-state index contributed by atoms with van der Waals surface area (Å²) in [7, 11) is -1.99. The molecule has 0 aliphatic rings. The van der Waals surface area contributed by atoms with Crippen molar-refractivity contribution in [2.24, 2.45) is 5.73 Å². The highest BCUT2D eigenvalue weighted by Gasteiger charge is 2.21. The number of aromatic nitrogens is 1. The van der Waals surface area contributed by atoms with Gasteiger partial charge >= 0.3 is 0 Å². The first-order valence-corrected chi connectivity index (χ1v) is 8.54. The molecule has 0 saturated carbocycles. The van der Waals surface area contributed by atoms with Crippen LogP contribution in [0, 0.1) is 11.8 Å². The van der Waals surface area contributed by atoms with Crippen LogP contribution in [0.1, 0.15) is 11.3 Å². The summed E-state index contributed by atoms with van der Waals surface area (Å²) in [6.07, 6.45) is 0. The van der Waals surface area contributed by atoms with Gasteiger partial charge in [0.25, 0.3) is 0 Å². The number of nitrogens with zero attached hydrogens (tertiary/aromatic N) is 2. The number of thiazole rings is 1. The van der Waals surface area contributed by atoms with Crippen LogP contribution in [0.5, 0.6) is 0 Å². The van der Waals surface area contributed by atoms with Crippen molar-refractivity contribution >= 4 is 21.4 Å². The Balaban J connectivity index is 2.18. The number of benzene rings is 1. The van der Waals surface area contributed by atoms with Gasteiger partial charge in [0.1, 0.15) is 0 Å². The SMILES string of the molecule is CN(Cc1cscn1)S(=O)(=O)c1ccc(C#CCN)cc1. The van der Waals surface area contributed by atoms with E-state index in [0.29, 0.717) is 0 Å². The molecule has 21 heavy (non-hydrogen) atoms. The van der Waals surface area contributed by atoms with E-state index in [9.17, 15) is 8.42 Å². The van der Waals surface area contributed by atoms with E-state index in [2.05, 4.69) is 16.8 Å². The third-order valence-corrected chi connectivity index (χ3v) is 5.22. The molecule has 1 heterocycles. The summed E-state index contributed by atoms with van der Waals surface area (Å²) < 4.78 is 26.1. The molecule has 1 aromatic heterocycles. The molecule has 0 aliphatic heterocycles. The molecule has 7 heteroatoms. The Morgan fingerprint density at radius 1 is 1.33 bits per heavy atom. The Kier molecular flexibility index (Phi) is 5.09. The Hall–Kier alpha value is -1.72. The molecule has 0 bridgehead atoms. The maximum atomic E-state index is 12.4. The molecule has 2 N–H and O–H groups in total. The van der Waals surface area contributed by atoms with Crippen LogP contribution in [0.3, 0.4) is 0 Å². The van der Waals surface area contributed by atoms with Crippen LogP contribution in [0.15, 0.2) is 40.1 Å². The van der Waals surface area contributed by atoms with Crippen LogP contribution in [-0.4, -0.2) is 31.3 Å². The van der Waals surface area contributed by atoms with Gasteiger partial charge in [-0.05, 0) is 24.3 Å². The summed E-state index contributed by atoms with van der Waals surface area (Å²) in [6, 6.07) is 6.44. The van der Waals surface area contributed by atoms with Crippen LogP contribution >= 0.6 is 11.3 Å². The molecule has 0 aliphatic carbocycles. The summed E-state index contributed by atoms with van der Waals surface area (Å²) in [5, 5.41) is 1.83. The van der Waals surface area contributed by atoms with Crippen molar-refractivity contribution in [2.75, 3.05) is 13.6 Å². The van der Waals surface area contributed by atoms with E-state index in [-0.39, 0.29) is 18.0 Å². The molecular formula is C14H15N3O2S2. The summed E-state index contributed by atoms with van der Waals surface area (Å²) >= 11 is 1.44. The van der Waals surface area contributed by atoms with Crippen molar-refractivity contribution in [3.63, 3.8) is 0 Å². The molecule has 0 amide bonds. The standard InChI is InChI=1S/C14H15N3O2S2/c1-17(9-13-10-20-11-16-13)21(18,19)14-6-4-12(5-7-14)3-2-8-15/h4-7,10-11H,8-9,15H2,1H3. The number of hydrogen-bond donors (Lipinski definition) is 1. The normalized spacial score (nSPS) is 11.2. The number of nitrogens with two attached hydrogens (primary N) is 1. The smallest absolute Gasteiger partial charge is 0.243 e. The predicted octanol–water partition coefficient (Wildman–Crippen LogP) is 1.27. The van der Waals surface area contributed by atoms with E-state index in [0.717, 1.165) is 11.3 Å². The van der Waals surface area contributed by atoms with E-state index in [1.165, 1.54) is 22.7 Å². The van der Waals surface area contributed by atoms with Crippen molar-refractivity contribution in [3.8, 4) is 11.8 Å². The third kappa shape index (κ3) is 3.89. The van der Waals surface area contributed by atoms with Crippen LogP contribution in [-0.2, 0) is 16.6 Å². The van der Waals surface area contributed by atoms with Crippen LogP contribution in [0.25, 0.3) is 0 Å². The lowest BCUT2D eigenvalue weighted by Crippen LogP contribution is -2.26. The minimum atomic E-state index is -3.53. The third-order valence-electron chi connectivity index (χ3n) is 2.77. The highest BCUT2D eigenvalue weighted by molar-refractivity contribution is 7.89. The average Bonchev–Trinajstić information content (AvgIpc) is 2.98. The fourth-order valence-electron chi connectivity index (χ4n) is 1.67. The molecule has 0 saturated heterocycles. The first-order chi connectivity index (χ1) is 10.0. The van der Waals surface area contributed by atoms with Gasteiger partial charge in [-0.1, -0.05) is 11.8 Å². The van der Waals surface area contributed by atoms with Crippen LogP contribution in [0.4, 0.5) is 0 Å². The zero-order valence-electron chi connectivity index (χ0n) is 11.5. The lowest BCUT2D eigenvalue weighted by molar-refractivity contribution is 0.463.